The predicted octanol–water partition coefficient (Wildman–Crippen LogP) is 3.94. The summed E-state index contributed by atoms with van der Waals surface area (Å²) in [6.07, 6.45) is 1.88. The van der Waals surface area contributed by atoms with Crippen LogP contribution in [0.2, 0.25) is 5.02 Å². The summed E-state index contributed by atoms with van der Waals surface area (Å²) < 4.78 is 25.4. The van der Waals surface area contributed by atoms with Crippen LogP contribution < -0.4 is 9.62 Å². The number of hydrogen-bond donors (Lipinski definition) is 1. The fourth-order valence-corrected chi connectivity index (χ4v) is 4.50. The van der Waals surface area contributed by atoms with Gasteiger partial charge in [-0.05, 0) is 36.2 Å². The van der Waals surface area contributed by atoms with Crippen molar-refractivity contribution in [1.82, 2.24) is 5.32 Å². The van der Waals surface area contributed by atoms with Gasteiger partial charge >= 0.3 is 0 Å². The van der Waals surface area contributed by atoms with Crippen molar-refractivity contribution in [2.45, 2.75) is 18.6 Å². The Labute approximate surface area is 176 Å². The lowest BCUT2D eigenvalue weighted by atomic mass is 10.2. The van der Waals surface area contributed by atoms with Gasteiger partial charge in [0.15, 0.2) is 0 Å². The molecule has 0 unspecified atom stereocenters. The van der Waals surface area contributed by atoms with Crippen molar-refractivity contribution in [3.05, 3.63) is 65.2 Å². The van der Waals surface area contributed by atoms with E-state index in [1.807, 2.05) is 18.2 Å². The molecule has 28 heavy (non-hydrogen) atoms. The van der Waals surface area contributed by atoms with E-state index in [1.165, 1.54) is 9.87 Å². The van der Waals surface area contributed by atoms with E-state index in [2.05, 4.69) is 17.4 Å². The zero-order chi connectivity index (χ0) is 20.4. The van der Waals surface area contributed by atoms with E-state index in [0.29, 0.717) is 23.7 Å². The minimum Gasteiger partial charge on any atom is -0.355 e. The van der Waals surface area contributed by atoms with Gasteiger partial charge in [-0.3, -0.25) is 9.10 Å². The lowest BCUT2D eigenvalue weighted by molar-refractivity contribution is -0.121. The molecule has 0 aliphatic rings. The van der Waals surface area contributed by atoms with E-state index in [-0.39, 0.29) is 18.9 Å². The summed E-state index contributed by atoms with van der Waals surface area (Å²) in [5.41, 5.74) is 1.81. The SMILES string of the molecule is CS(=O)(=O)N(CCCC(=O)NCCSCc1ccccc1)c1ccc(Cl)cc1. The molecule has 2 aromatic carbocycles. The number of sulfonamides is 1. The van der Waals surface area contributed by atoms with Crippen molar-refractivity contribution >= 4 is 45.0 Å². The Kier molecular flexibility index (Phi) is 9.15. The molecular weight excluding hydrogens is 416 g/mol. The van der Waals surface area contributed by atoms with Crippen molar-refractivity contribution in [1.29, 1.82) is 0 Å². The summed E-state index contributed by atoms with van der Waals surface area (Å²) in [6, 6.07) is 16.8. The quantitative estimate of drug-likeness (QED) is 0.537. The van der Waals surface area contributed by atoms with E-state index in [1.54, 1.807) is 36.0 Å². The monoisotopic (exact) mass is 440 g/mol. The Morgan fingerprint density at radius 1 is 1.11 bits per heavy atom. The Balaban J connectivity index is 1.68. The van der Waals surface area contributed by atoms with Crippen molar-refractivity contribution in [3.8, 4) is 0 Å². The highest BCUT2D eigenvalue weighted by molar-refractivity contribution is 7.98. The maximum Gasteiger partial charge on any atom is 0.232 e. The van der Waals surface area contributed by atoms with Gasteiger partial charge < -0.3 is 5.32 Å². The number of carbonyl (C=O) groups excluding carboxylic acids is 1. The van der Waals surface area contributed by atoms with Crippen LogP contribution in [0.4, 0.5) is 5.69 Å². The van der Waals surface area contributed by atoms with Crippen LogP contribution in [0, 0.1) is 0 Å². The minimum atomic E-state index is -3.42. The highest BCUT2D eigenvalue weighted by Gasteiger charge is 2.17. The van der Waals surface area contributed by atoms with Gasteiger partial charge in [-0.15, -0.1) is 0 Å². The Morgan fingerprint density at radius 3 is 2.43 bits per heavy atom. The summed E-state index contributed by atoms with van der Waals surface area (Å²) in [5.74, 6) is 1.69. The third-order valence-electron chi connectivity index (χ3n) is 3.96. The van der Waals surface area contributed by atoms with E-state index >= 15 is 0 Å². The summed E-state index contributed by atoms with van der Waals surface area (Å²) >= 11 is 7.63. The normalized spacial score (nSPS) is 11.2. The smallest absolute Gasteiger partial charge is 0.232 e. The van der Waals surface area contributed by atoms with Gasteiger partial charge in [0.1, 0.15) is 0 Å². The molecule has 8 heteroatoms. The minimum absolute atomic E-state index is 0.0649. The fourth-order valence-electron chi connectivity index (χ4n) is 2.59. The molecular formula is C20H25ClN2O3S2. The molecule has 0 heterocycles. The Morgan fingerprint density at radius 2 is 1.79 bits per heavy atom. The molecule has 5 nitrogen and oxygen atoms in total. The molecule has 0 aliphatic heterocycles. The molecule has 0 saturated carbocycles. The predicted molar refractivity (Wildman–Crippen MR) is 118 cm³/mol. The van der Waals surface area contributed by atoms with Crippen LogP contribution in [-0.4, -0.2) is 39.4 Å². The molecule has 0 bridgehead atoms. The van der Waals surface area contributed by atoms with E-state index < -0.39 is 10.0 Å². The number of halogens is 1. The summed E-state index contributed by atoms with van der Waals surface area (Å²) in [4.78, 5) is 12.0. The standard InChI is InChI=1S/C20H25ClN2O3S2/c1-28(25,26)23(19-11-9-18(21)10-12-19)14-5-8-20(24)22-13-15-27-16-17-6-3-2-4-7-17/h2-4,6-7,9-12H,5,8,13-16H2,1H3,(H,22,24). The lowest BCUT2D eigenvalue weighted by Gasteiger charge is -2.22. The Hall–Kier alpha value is -1.70. The van der Waals surface area contributed by atoms with Gasteiger partial charge in [0.25, 0.3) is 0 Å². The number of anilines is 1. The van der Waals surface area contributed by atoms with Gasteiger partial charge in [-0.2, -0.15) is 11.8 Å². The second-order valence-corrected chi connectivity index (χ2v) is 9.75. The number of hydrogen-bond acceptors (Lipinski definition) is 4. The van der Waals surface area contributed by atoms with Crippen LogP contribution in [0.15, 0.2) is 54.6 Å². The highest BCUT2D eigenvalue weighted by Crippen LogP contribution is 2.21. The highest BCUT2D eigenvalue weighted by atomic mass is 35.5. The van der Waals surface area contributed by atoms with Crippen molar-refractivity contribution in [3.63, 3.8) is 0 Å². The van der Waals surface area contributed by atoms with E-state index in [4.69, 9.17) is 11.6 Å². The third kappa shape index (κ3) is 8.12. The number of rotatable bonds is 11. The molecule has 0 aliphatic carbocycles. The summed E-state index contributed by atoms with van der Waals surface area (Å²) in [5, 5.41) is 3.43. The Bertz CT molecular complexity index is 844. The molecule has 152 valence electrons. The average molecular weight is 441 g/mol. The molecule has 0 aromatic heterocycles. The molecule has 0 radical (unpaired) electrons. The summed E-state index contributed by atoms with van der Waals surface area (Å²) in [6.45, 7) is 0.847. The van der Waals surface area contributed by atoms with Crippen LogP contribution in [0.25, 0.3) is 0 Å². The molecule has 1 N–H and O–H groups in total. The van der Waals surface area contributed by atoms with Crippen molar-refractivity contribution in [2.75, 3.05) is 29.4 Å². The van der Waals surface area contributed by atoms with E-state index in [9.17, 15) is 13.2 Å². The van der Waals surface area contributed by atoms with E-state index in [0.717, 1.165) is 17.8 Å². The van der Waals surface area contributed by atoms with Gasteiger partial charge in [0.2, 0.25) is 15.9 Å². The van der Waals surface area contributed by atoms with Crippen LogP contribution >= 0.6 is 23.4 Å². The van der Waals surface area contributed by atoms with Gasteiger partial charge in [0.05, 0.1) is 11.9 Å². The van der Waals surface area contributed by atoms with Crippen LogP contribution in [0.3, 0.4) is 0 Å². The first-order valence-electron chi connectivity index (χ1n) is 8.98. The van der Waals surface area contributed by atoms with Gasteiger partial charge in [-0.25, -0.2) is 8.42 Å². The number of benzene rings is 2. The van der Waals surface area contributed by atoms with Crippen LogP contribution in [0.1, 0.15) is 18.4 Å². The molecule has 0 saturated heterocycles. The lowest BCUT2D eigenvalue weighted by Crippen LogP contribution is -2.32. The first kappa shape index (κ1) is 22.6. The third-order valence-corrected chi connectivity index (χ3v) is 6.44. The van der Waals surface area contributed by atoms with Crippen molar-refractivity contribution < 1.29 is 13.2 Å². The zero-order valence-corrected chi connectivity index (χ0v) is 18.2. The average Bonchev–Trinajstić information content (AvgIpc) is 2.66. The number of nitrogens with zero attached hydrogens (tertiary/aromatic N) is 1. The topological polar surface area (TPSA) is 66.5 Å². The largest absolute Gasteiger partial charge is 0.355 e. The zero-order valence-electron chi connectivity index (χ0n) is 15.8. The maximum atomic E-state index is 12.0. The number of carbonyl (C=O) groups is 1. The fraction of sp³-hybridized carbons (Fsp3) is 0.350. The molecule has 2 aromatic rings. The molecule has 0 atom stereocenters. The van der Waals surface area contributed by atoms with Crippen LogP contribution in [0.5, 0.6) is 0 Å². The first-order chi connectivity index (χ1) is 13.4. The number of nitrogens with one attached hydrogen (secondary N) is 1. The molecule has 0 fully saturated rings. The van der Waals surface area contributed by atoms with Crippen molar-refractivity contribution in [2.24, 2.45) is 0 Å². The van der Waals surface area contributed by atoms with Gasteiger partial charge in [0, 0.05) is 36.0 Å². The second kappa shape index (κ2) is 11.3. The molecule has 1 amide bonds. The number of thioether (sulfide) groups is 1. The number of amides is 1. The molecule has 0 spiro atoms. The summed E-state index contributed by atoms with van der Waals surface area (Å²) in [7, 11) is -3.42. The first-order valence-corrected chi connectivity index (χ1v) is 12.4. The molecule has 2 rings (SSSR count). The second-order valence-electron chi connectivity index (χ2n) is 6.30. The van der Waals surface area contributed by atoms with Gasteiger partial charge in [-0.1, -0.05) is 41.9 Å². The van der Waals surface area contributed by atoms with Crippen LogP contribution in [-0.2, 0) is 20.6 Å². The maximum absolute atomic E-state index is 12.0.